The minimum atomic E-state index is -5.62. The third-order valence-electron chi connectivity index (χ3n) is 11.0. The standard InChI is InChI=1S/C25H29O4S.C24BCl8F12/c1-26-16-17-27-18-19-28-20-21-29-24-14-8-9-15-25(24)30(22-10-4-2-5-11-22)23-12-6-3-7-13-23;26-5-1(13(34)21(42)17(38)9(5)30)25(2-6(27)10(31)18(39)22(43)14(2)35,3-7(28)11(32)19(40)23(44)15(3)36)4-8(29)12(33)20(41)24(45)16(4)37/h2-15H,16-21H2,1H3;/q+1;-1. The highest BCUT2D eigenvalue weighted by Gasteiger charge is 2.50. The van der Waals surface area contributed by atoms with Crippen LogP contribution < -0.4 is 26.6 Å². The van der Waals surface area contributed by atoms with Crippen LogP contribution in [-0.4, -0.2) is 52.9 Å². The fourth-order valence-corrected chi connectivity index (χ4v) is 12.0. The van der Waals surface area contributed by atoms with Crippen LogP contribution in [0.5, 0.6) is 5.75 Å². The largest absolute Gasteiger partial charge is 0.486 e. The van der Waals surface area contributed by atoms with Crippen LogP contribution in [-0.2, 0) is 25.1 Å². The molecule has 0 atom stereocenters. The van der Waals surface area contributed by atoms with Crippen LogP contribution in [0.3, 0.4) is 0 Å². The number of hydrogen-bond acceptors (Lipinski definition) is 4. The zero-order valence-electron chi connectivity index (χ0n) is 37.5. The summed E-state index contributed by atoms with van der Waals surface area (Å²) in [7, 11) is 1.42. The molecule has 0 saturated heterocycles. The molecule has 0 aliphatic rings. The lowest BCUT2D eigenvalue weighted by atomic mass is 9.12. The van der Waals surface area contributed by atoms with E-state index in [1.807, 2.05) is 12.1 Å². The first-order valence-corrected chi connectivity index (χ1v) is 25.3. The fourth-order valence-electron chi connectivity index (χ4n) is 7.79. The van der Waals surface area contributed by atoms with E-state index in [2.05, 4.69) is 72.8 Å². The van der Waals surface area contributed by atoms with Gasteiger partial charge in [0, 0.05) is 27.2 Å². The summed E-state index contributed by atoms with van der Waals surface area (Å²) in [4.78, 5) is 3.71. The second-order valence-electron chi connectivity index (χ2n) is 15.2. The molecule has 398 valence electrons. The lowest BCUT2D eigenvalue weighted by Gasteiger charge is -2.46. The average molecular weight is 1240 g/mol. The Morgan fingerprint density at radius 2 is 0.640 bits per heavy atom. The smallest absolute Gasteiger partial charge is 0.208 e. The van der Waals surface area contributed by atoms with Crippen LogP contribution in [0.25, 0.3) is 0 Å². The highest BCUT2D eigenvalue weighted by atomic mass is 35.5. The minimum absolute atomic E-state index is 0.237. The van der Waals surface area contributed by atoms with Crippen molar-refractivity contribution in [3.8, 4) is 5.75 Å². The third kappa shape index (κ3) is 11.8. The molecule has 0 spiro atoms. The van der Waals surface area contributed by atoms with E-state index in [0.717, 1.165) is 5.75 Å². The van der Waals surface area contributed by atoms with Gasteiger partial charge in [0.1, 0.15) is 46.9 Å². The Morgan fingerprint density at radius 1 is 0.347 bits per heavy atom. The Labute approximate surface area is 462 Å². The SMILES string of the molecule is COCCOCCOCCOc1ccccc1[S+](c1ccccc1)c1ccccc1.Fc1c(F)c(Cl)c(Cl)c([B-](c2c(F)c(F)c(F)c(Cl)c2Cl)(c2c(F)c(F)c(F)c(Cl)c2Cl)c2c(F)c(F)c(F)c(Cl)c2Cl)c1F. The van der Waals surface area contributed by atoms with Gasteiger partial charge in [-0.25, -0.2) is 52.7 Å². The zero-order chi connectivity index (χ0) is 55.2. The number of para-hydroxylation sites is 1. The molecule has 0 amide bonds. The van der Waals surface area contributed by atoms with Gasteiger partial charge >= 0.3 is 0 Å². The van der Waals surface area contributed by atoms with Crippen molar-refractivity contribution >= 4 is 132 Å². The van der Waals surface area contributed by atoms with Crippen molar-refractivity contribution in [1.29, 1.82) is 0 Å². The molecule has 0 radical (unpaired) electrons. The molecule has 0 fully saturated rings. The number of methoxy groups -OCH3 is 1. The molecule has 0 aromatic heterocycles. The van der Waals surface area contributed by atoms with Crippen LogP contribution in [0, 0.1) is 69.8 Å². The van der Waals surface area contributed by atoms with Crippen molar-refractivity contribution in [2.75, 3.05) is 46.8 Å². The summed E-state index contributed by atoms with van der Waals surface area (Å²) in [5, 5.41) is -13.9. The van der Waals surface area contributed by atoms with Gasteiger partial charge in [0.2, 0.25) is 4.90 Å². The van der Waals surface area contributed by atoms with E-state index in [0.29, 0.717) is 39.6 Å². The zero-order valence-corrected chi connectivity index (χ0v) is 44.4. The number of halogens is 20. The molecule has 26 heteroatoms. The molecule has 0 aliphatic heterocycles. The molecular weight excluding hydrogens is 1210 g/mol. The van der Waals surface area contributed by atoms with Crippen molar-refractivity contribution in [3.63, 3.8) is 0 Å². The summed E-state index contributed by atoms with van der Waals surface area (Å²) in [5.41, 5.74) is -8.47. The molecule has 7 aromatic carbocycles. The lowest BCUT2D eigenvalue weighted by molar-refractivity contribution is 0.0178. The van der Waals surface area contributed by atoms with Gasteiger partial charge in [-0.1, -0.05) is 141 Å². The predicted octanol–water partition coefficient (Wildman–Crippen LogP) is 14.8. The number of ether oxygens (including phenoxy) is 4. The van der Waals surface area contributed by atoms with Gasteiger partial charge in [-0.3, -0.25) is 0 Å². The Morgan fingerprint density at radius 3 is 0.973 bits per heavy atom. The average Bonchev–Trinajstić information content (AvgIpc) is 3.43. The number of hydrogen-bond donors (Lipinski definition) is 0. The summed E-state index contributed by atoms with van der Waals surface area (Å²) in [6.07, 6.45) is -5.62. The van der Waals surface area contributed by atoms with Gasteiger partial charge in [-0.2, -0.15) is 0 Å². The summed E-state index contributed by atoms with van der Waals surface area (Å²) in [6.45, 7) is 3.32. The van der Waals surface area contributed by atoms with Gasteiger partial charge in [0.25, 0.3) is 0 Å². The first kappa shape index (κ1) is 60.3. The molecule has 0 saturated carbocycles. The third-order valence-corrected chi connectivity index (χ3v) is 16.7. The van der Waals surface area contributed by atoms with Gasteiger partial charge in [0.15, 0.2) is 62.1 Å². The van der Waals surface area contributed by atoms with Gasteiger partial charge < -0.3 is 18.9 Å². The molecule has 0 heterocycles. The van der Waals surface area contributed by atoms with Gasteiger partial charge in [0.05, 0.1) is 53.1 Å². The molecule has 75 heavy (non-hydrogen) atoms. The summed E-state index contributed by atoms with van der Waals surface area (Å²) < 4.78 is 205. The monoisotopic (exact) mass is 1230 g/mol. The number of benzene rings is 7. The molecule has 0 unspecified atom stereocenters. The van der Waals surface area contributed by atoms with E-state index in [-0.39, 0.29) is 10.9 Å². The van der Waals surface area contributed by atoms with E-state index >= 15 is 35.1 Å². The Hall–Kier alpha value is -3.89. The van der Waals surface area contributed by atoms with Gasteiger partial charge in [-0.15, -0.1) is 21.9 Å². The summed E-state index contributed by atoms with van der Waals surface area (Å²) in [5.74, 6) is -30.4. The van der Waals surface area contributed by atoms with Crippen molar-refractivity contribution < 1.29 is 71.6 Å². The van der Waals surface area contributed by atoms with Crippen molar-refractivity contribution in [3.05, 3.63) is 195 Å². The molecule has 0 aliphatic carbocycles. The maximum absolute atomic E-state index is 16.0. The Bertz CT molecular complexity index is 2810. The van der Waals surface area contributed by atoms with Crippen LogP contribution in [0.2, 0.25) is 40.2 Å². The van der Waals surface area contributed by atoms with E-state index < -0.39 is 138 Å². The Balaban J connectivity index is 0.000000264. The van der Waals surface area contributed by atoms with Crippen LogP contribution >= 0.6 is 92.8 Å². The highest BCUT2D eigenvalue weighted by Crippen LogP contribution is 2.41. The quantitative estimate of drug-likeness (QED) is 0.0227. The molecule has 0 N–H and O–H groups in total. The maximum atomic E-state index is 16.0. The molecule has 7 aromatic rings. The van der Waals surface area contributed by atoms with Crippen LogP contribution in [0.15, 0.2) is 99.6 Å². The highest BCUT2D eigenvalue weighted by molar-refractivity contribution is 7.97. The van der Waals surface area contributed by atoms with Crippen LogP contribution in [0.1, 0.15) is 0 Å². The predicted molar refractivity (Wildman–Crippen MR) is 270 cm³/mol. The Kier molecular flexibility index (Phi) is 21.1. The molecule has 4 nitrogen and oxygen atoms in total. The van der Waals surface area contributed by atoms with Gasteiger partial charge in [-0.05, 0) is 36.4 Å². The topological polar surface area (TPSA) is 36.9 Å². The summed E-state index contributed by atoms with van der Waals surface area (Å²) >= 11 is 46.6. The molecule has 7 rings (SSSR count). The fraction of sp³-hybridized carbons (Fsp3) is 0.143. The summed E-state index contributed by atoms with van der Waals surface area (Å²) in [6, 6.07) is 29.5. The lowest BCUT2D eigenvalue weighted by Crippen LogP contribution is -2.79. The number of rotatable bonds is 17. The van der Waals surface area contributed by atoms with Crippen molar-refractivity contribution in [2.24, 2.45) is 0 Å². The van der Waals surface area contributed by atoms with Crippen LogP contribution in [0.4, 0.5) is 52.7 Å². The molecular formula is C49H29BCl8F12O4S. The van der Waals surface area contributed by atoms with E-state index in [1.54, 1.807) is 7.11 Å². The first-order valence-electron chi connectivity index (χ1n) is 21.0. The first-order chi connectivity index (χ1) is 35.6. The van der Waals surface area contributed by atoms with E-state index in [9.17, 15) is 17.6 Å². The van der Waals surface area contributed by atoms with Crippen molar-refractivity contribution in [1.82, 2.24) is 0 Å². The second-order valence-corrected chi connectivity index (χ2v) is 20.3. The second kappa shape index (κ2) is 26.2. The van der Waals surface area contributed by atoms with E-state index in [1.165, 1.54) is 14.7 Å². The normalized spacial score (nSPS) is 11.6. The molecule has 0 bridgehead atoms. The minimum Gasteiger partial charge on any atom is -0.486 e. The maximum Gasteiger partial charge on any atom is 0.208 e. The van der Waals surface area contributed by atoms with E-state index in [4.69, 9.17) is 112 Å². The van der Waals surface area contributed by atoms with Crippen molar-refractivity contribution in [2.45, 2.75) is 14.7 Å².